The Kier molecular flexibility index (Phi) is 5.84. The summed E-state index contributed by atoms with van der Waals surface area (Å²) in [5.74, 6) is 1.16. The number of oxazole rings is 1. The molecule has 2 fully saturated rings. The maximum atomic E-state index is 7.46. The van der Waals surface area contributed by atoms with Crippen LogP contribution in [-0.2, 0) is 11.3 Å². The van der Waals surface area contributed by atoms with E-state index >= 15 is 0 Å². The Morgan fingerprint density at radius 2 is 1.91 bits per heavy atom. The number of nitrogens with one attached hydrogen (secondary N) is 1. The quantitative estimate of drug-likeness (QED) is 0.365. The van der Waals surface area contributed by atoms with Crippen LogP contribution in [0.1, 0.15) is 48.6 Å². The standard InChI is InChI=1S/C22H23Cl2N5O3/c23-15-2-1-3-16(24)18(15)19-14(20(32-28-19)12-4-5-12)10-30-13-6-8-29(9-7-13)22-27-17(11-31-22)21(25)26/h1-3,11-13H,4-10H2,(H3,25,26). The predicted molar refractivity (Wildman–Crippen MR) is 121 cm³/mol. The molecule has 0 spiro atoms. The van der Waals surface area contributed by atoms with Gasteiger partial charge < -0.3 is 24.3 Å². The molecule has 0 bridgehead atoms. The third kappa shape index (κ3) is 4.22. The highest BCUT2D eigenvalue weighted by Crippen LogP contribution is 2.46. The average molecular weight is 476 g/mol. The van der Waals surface area contributed by atoms with Gasteiger partial charge in [0.15, 0.2) is 0 Å². The van der Waals surface area contributed by atoms with Crippen LogP contribution in [0.25, 0.3) is 11.3 Å². The van der Waals surface area contributed by atoms with Gasteiger partial charge in [-0.3, -0.25) is 5.41 Å². The molecule has 8 nitrogen and oxygen atoms in total. The fourth-order valence-corrected chi connectivity index (χ4v) is 4.57. The van der Waals surface area contributed by atoms with E-state index in [1.165, 1.54) is 6.26 Å². The molecule has 3 N–H and O–H groups in total. The molecule has 168 valence electrons. The number of halogens is 2. The van der Waals surface area contributed by atoms with E-state index in [4.69, 9.17) is 48.0 Å². The molecule has 1 aromatic carbocycles. The van der Waals surface area contributed by atoms with Gasteiger partial charge in [-0.2, -0.15) is 4.98 Å². The predicted octanol–water partition coefficient (Wildman–Crippen LogP) is 4.98. The van der Waals surface area contributed by atoms with Gasteiger partial charge in [0.25, 0.3) is 6.01 Å². The molecule has 2 aromatic heterocycles. The van der Waals surface area contributed by atoms with E-state index in [0.717, 1.165) is 50.1 Å². The van der Waals surface area contributed by atoms with E-state index in [0.29, 0.717) is 45.5 Å². The lowest BCUT2D eigenvalue weighted by Gasteiger charge is -2.30. The zero-order chi connectivity index (χ0) is 22.2. The summed E-state index contributed by atoms with van der Waals surface area (Å²) in [6.45, 7) is 1.88. The molecule has 0 atom stereocenters. The van der Waals surface area contributed by atoms with Crippen LogP contribution in [0.2, 0.25) is 10.0 Å². The molecule has 0 unspecified atom stereocenters. The summed E-state index contributed by atoms with van der Waals surface area (Å²) in [6.07, 6.45) is 5.33. The summed E-state index contributed by atoms with van der Waals surface area (Å²) >= 11 is 12.9. The Balaban J connectivity index is 1.27. The van der Waals surface area contributed by atoms with Crippen molar-refractivity contribution in [2.24, 2.45) is 5.73 Å². The average Bonchev–Trinajstić information content (AvgIpc) is 3.34. The van der Waals surface area contributed by atoms with Gasteiger partial charge in [-0.1, -0.05) is 34.4 Å². The Morgan fingerprint density at radius 3 is 2.53 bits per heavy atom. The van der Waals surface area contributed by atoms with E-state index in [9.17, 15) is 0 Å². The van der Waals surface area contributed by atoms with Crippen molar-refractivity contribution < 1.29 is 13.7 Å². The molecule has 0 radical (unpaired) electrons. The minimum atomic E-state index is -0.104. The molecule has 5 rings (SSSR count). The van der Waals surface area contributed by atoms with Crippen LogP contribution in [0, 0.1) is 5.41 Å². The number of hydrogen-bond acceptors (Lipinski definition) is 7. The van der Waals surface area contributed by atoms with Gasteiger partial charge in [0.05, 0.1) is 22.8 Å². The Morgan fingerprint density at radius 1 is 1.19 bits per heavy atom. The fraction of sp³-hybridized carbons (Fsp3) is 0.409. The molecule has 1 aliphatic heterocycles. The number of amidine groups is 1. The SMILES string of the molecule is N=C(N)c1coc(N2CCC(OCc3c(-c4c(Cl)cccc4Cl)noc3C3CC3)CC2)n1. The van der Waals surface area contributed by atoms with Crippen LogP contribution >= 0.6 is 23.2 Å². The third-order valence-electron chi connectivity index (χ3n) is 5.91. The van der Waals surface area contributed by atoms with Crippen molar-refractivity contribution in [2.75, 3.05) is 18.0 Å². The molecule has 1 aliphatic carbocycles. The van der Waals surface area contributed by atoms with Crippen LogP contribution in [-0.4, -0.2) is 35.2 Å². The van der Waals surface area contributed by atoms with Gasteiger partial charge in [0.1, 0.15) is 29.2 Å². The normalized spacial score (nSPS) is 17.1. The van der Waals surface area contributed by atoms with Crippen LogP contribution in [0.4, 0.5) is 6.01 Å². The number of anilines is 1. The number of aromatic nitrogens is 2. The number of nitrogens with zero attached hydrogens (tertiary/aromatic N) is 3. The minimum absolute atomic E-state index is 0.0880. The van der Waals surface area contributed by atoms with Crippen LogP contribution in [0.15, 0.2) is 33.4 Å². The molecule has 10 heteroatoms. The van der Waals surface area contributed by atoms with Crippen molar-refractivity contribution in [3.63, 3.8) is 0 Å². The zero-order valence-corrected chi connectivity index (χ0v) is 18.8. The second-order valence-electron chi connectivity index (χ2n) is 8.17. The van der Waals surface area contributed by atoms with E-state index < -0.39 is 0 Å². The summed E-state index contributed by atoms with van der Waals surface area (Å²) in [5.41, 5.74) is 8.10. The van der Waals surface area contributed by atoms with Crippen molar-refractivity contribution in [1.29, 1.82) is 5.41 Å². The summed E-state index contributed by atoms with van der Waals surface area (Å²) in [4.78, 5) is 6.31. The van der Waals surface area contributed by atoms with Gasteiger partial charge >= 0.3 is 0 Å². The van der Waals surface area contributed by atoms with Crippen LogP contribution in [0.5, 0.6) is 0 Å². The van der Waals surface area contributed by atoms with Crippen molar-refractivity contribution in [1.82, 2.24) is 10.1 Å². The molecule has 1 saturated carbocycles. The number of piperidine rings is 1. The first-order valence-corrected chi connectivity index (χ1v) is 11.4. The van der Waals surface area contributed by atoms with Crippen LogP contribution in [0.3, 0.4) is 0 Å². The molecule has 1 saturated heterocycles. The maximum Gasteiger partial charge on any atom is 0.297 e. The number of nitrogen functional groups attached to an aromatic ring is 1. The van der Waals surface area contributed by atoms with E-state index in [1.54, 1.807) is 12.1 Å². The first-order chi connectivity index (χ1) is 15.5. The Bertz CT molecular complexity index is 1110. The van der Waals surface area contributed by atoms with E-state index in [2.05, 4.69) is 10.1 Å². The number of hydrogen-bond donors (Lipinski definition) is 2. The highest BCUT2D eigenvalue weighted by Gasteiger charge is 2.34. The first kappa shape index (κ1) is 21.3. The van der Waals surface area contributed by atoms with Crippen molar-refractivity contribution in [2.45, 2.75) is 44.3 Å². The Labute approximate surface area is 195 Å². The van der Waals surface area contributed by atoms with Crippen molar-refractivity contribution in [3.05, 3.63) is 51.5 Å². The smallest absolute Gasteiger partial charge is 0.297 e. The number of benzene rings is 1. The molecule has 32 heavy (non-hydrogen) atoms. The highest BCUT2D eigenvalue weighted by atomic mass is 35.5. The molecule has 3 aromatic rings. The molecule has 3 heterocycles. The van der Waals surface area contributed by atoms with Crippen molar-refractivity contribution in [3.8, 4) is 11.3 Å². The zero-order valence-electron chi connectivity index (χ0n) is 17.3. The topological polar surface area (TPSA) is 114 Å². The second kappa shape index (κ2) is 8.77. The first-order valence-electron chi connectivity index (χ1n) is 10.6. The largest absolute Gasteiger partial charge is 0.431 e. The number of ether oxygens (including phenoxy) is 1. The molecule has 2 aliphatic rings. The van der Waals surface area contributed by atoms with Gasteiger partial charge in [0.2, 0.25) is 0 Å². The minimum Gasteiger partial charge on any atom is -0.431 e. The third-order valence-corrected chi connectivity index (χ3v) is 6.54. The number of rotatable bonds is 7. The monoisotopic (exact) mass is 475 g/mol. The highest BCUT2D eigenvalue weighted by molar-refractivity contribution is 6.39. The lowest BCUT2D eigenvalue weighted by atomic mass is 10.0. The lowest BCUT2D eigenvalue weighted by molar-refractivity contribution is 0.0241. The summed E-state index contributed by atoms with van der Waals surface area (Å²) in [5, 5.41) is 12.9. The van der Waals surface area contributed by atoms with E-state index in [-0.39, 0.29) is 11.9 Å². The van der Waals surface area contributed by atoms with Gasteiger partial charge in [0, 0.05) is 30.1 Å². The summed E-state index contributed by atoms with van der Waals surface area (Å²) < 4.78 is 17.5. The number of nitrogens with two attached hydrogens (primary N) is 1. The molecular formula is C22H23Cl2N5O3. The lowest BCUT2D eigenvalue weighted by Crippen LogP contribution is -2.37. The van der Waals surface area contributed by atoms with Crippen LogP contribution < -0.4 is 10.6 Å². The molecular weight excluding hydrogens is 453 g/mol. The second-order valence-corrected chi connectivity index (χ2v) is 8.99. The van der Waals surface area contributed by atoms with Gasteiger partial charge in [-0.15, -0.1) is 0 Å². The van der Waals surface area contributed by atoms with Gasteiger partial charge in [-0.25, -0.2) is 0 Å². The van der Waals surface area contributed by atoms with Crippen molar-refractivity contribution >= 4 is 35.1 Å². The fourth-order valence-electron chi connectivity index (χ4n) is 4.00. The summed E-state index contributed by atoms with van der Waals surface area (Å²) in [6, 6.07) is 5.90. The Hall–Kier alpha value is -2.55. The van der Waals surface area contributed by atoms with Gasteiger partial charge in [-0.05, 0) is 37.8 Å². The molecule has 0 amide bonds. The van der Waals surface area contributed by atoms with E-state index in [1.807, 2.05) is 11.0 Å². The maximum absolute atomic E-state index is 7.46. The summed E-state index contributed by atoms with van der Waals surface area (Å²) in [7, 11) is 0.